The summed E-state index contributed by atoms with van der Waals surface area (Å²) in [5.41, 5.74) is 5.61. The number of benzene rings is 2. The van der Waals surface area contributed by atoms with Crippen LogP contribution in [0.25, 0.3) is 0 Å². The van der Waals surface area contributed by atoms with E-state index >= 15 is 4.39 Å². The Hall–Kier alpha value is -2.67. The maximum Gasteiger partial charge on any atom is 0.253 e. The van der Waals surface area contributed by atoms with E-state index < -0.39 is 17.7 Å². The summed E-state index contributed by atoms with van der Waals surface area (Å²) in [5.74, 6) is -0.827. The molecule has 1 amide bonds. The fourth-order valence-corrected chi connectivity index (χ4v) is 3.67. The van der Waals surface area contributed by atoms with Crippen LogP contribution in [0.15, 0.2) is 47.5 Å². The van der Waals surface area contributed by atoms with E-state index in [4.69, 9.17) is 17.3 Å². The van der Waals surface area contributed by atoms with Gasteiger partial charge in [0.2, 0.25) is 0 Å². The lowest BCUT2D eigenvalue weighted by atomic mass is 9.91. The molecular weight excluding hydrogens is 374 g/mol. The summed E-state index contributed by atoms with van der Waals surface area (Å²) in [6.45, 7) is 0.145. The lowest BCUT2D eigenvalue weighted by molar-refractivity contribution is 0.0494. The molecule has 2 aromatic rings. The van der Waals surface area contributed by atoms with Crippen molar-refractivity contribution in [2.45, 2.75) is 18.3 Å². The van der Waals surface area contributed by atoms with Crippen molar-refractivity contribution < 1.29 is 13.6 Å². The first kappa shape index (κ1) is 17.7. The number of aliphatic imine (C=N–C) groups is 1. The number of alkyl halides is 1. The van der Waals surface area contributed by atoms with Gasteiger partial charge in [0.15, 0.2) is 11.8 Å². The number of carbonyl (C=O) groups excluding carboxylic acids is 1. The molecule has 0 saturated carbocycles. The van der Waals surface area contributed by atoms with E-state index in [0.717, 1.165) is 0 Å². The van der Waals surface area contributed by atoms with E-state index in [1.165, 1.54) is 17.0 Å². The summed E-state index contributed by atoms with van der Waals surface area (Å²) >= 11 is 5.84. The number of amidine groups is 1. The standard InChI is InChI=1S/C19H17ClF2N4O/c20-12-6-4-11(5-7-12)18(27)26-9-8-19(15(22)10-26)24-14-3-1-2-13(21)16(14)17(23)25-19/h1-7,15,24H,8-10H2,(H2,23,25)/t15-,19+/m0/s1. The third-order valence-corrected chi connectivity index (χ3v) is 5.23. The quantitative estimate of drug-likeness (QED) is 0.785. The molecule has 1 saturated heterocycles. The maximum atomic E-state index is 15.1. The molecule has 2 aliphatic rings. The van der Waals surface area contributed by atoms with Crippen LogP contribution in [-0.2, 0) is 0 Å². The van der Waals surface area contributed by atoms with Gasteiger partial charge in [-0.1, -0.05) is 17.7 Å². The van der Waals surface area contributed by atoms with Gasteiger partial charge in [-0.15, -0.1) is 0 Å². The molecule has 8 heteroatoms. The lowest BCUT2D eigenvalue weighted by Gasteiger charge is -2.44. The van der Waals surface area contributed by atoms with Gasteiger partial charge < -0.3 is 16.0 Å². The average molecular weight is 391 g/mol. The molecule has 1 fully saturated rings. The Balaban J connectivity index is 1.57. The highest BCUT2D eigenvalue weighted by Gasteiger charge is 2.47. The van der Waals surface area contributed by atoms with Crippen molar-refractivity contribution in [1.82, 2.24) is 4.90 Å². The molecule has 1 spiro atoms. The summed E-state index contributed by atoms with van der Waals surface area (Å²) in [4.78, 5) is 18.3. The summed E-state index contributed by atoms with van der Waals surface area (Å²) in [7, 11) is 0. The van der Waals surface area contributed by atoms with Crippen molar-refractivity contribution >= 4 is 29.0 Å². The summed E-state index contributed by atoms with van der Waals surface area (Å²) in [6.07, 6.45) is -1.29. The summed E-state index contributed by atoms with van der Waals surface area (Å²) < 4.78 is 29.2. The zero-order chi connectivity index (χ0) is 19.2. The van der Waals surface area contributed by atoms with Crippen LogP contribution >= 0.6 is 11.6 Å². The van der Waals surface area contributed by atoms with Gasteiger partial charge in [0.05, 0.1) is 12.1 Å². The van der Waals surface area contributed by atoms with Crippen LogP contribution in [0.1, 0.15) is 22.3 Å². The van der Waals surface area contributed by atoms with Gasteiger partial charge in [0, 0.05) is 29.2 Å². The highest BCUT2D eigenvalue weighted by molar-refractivity contribution is 6.30. The summed E-state index contributed by atoms with van der Waals surface area (Å²) in [6, 6.07) is 10.9. The normalized spacial score (nSPS) is 24.2. The van der Waals surface area contributed by atoms with Gasteiger partial charge in [-0.25, -0.2) is 13.8 Å². The largest absolute Gasteiger partial charge is 0.383 e. The number of carbonyl (C=O) groups is 1. The van der Waals surface area contributed by atoms with Crippen molar-refractivity contribution in [3.05, 3.63) is 64.4 Å². The van der Waals surface area contributed by atoms with E-state index in [9.17, 15) is 9.18 Å². The van der Waals surface area contributed by atoms with Gasteiger partial charge >= 0.3 is 0 Å². The Kier molecular flexibility index (Phi) is 4.26. The Labute approximate surface area is 159 Å². The number of likely N-dealkylation sites (tertiary alicyclic amines) is 1. The first-order valence-corrected chi connectivity index (χ1v) is 8.89. The molecule has 2 heterocycles. The fraction of sp³-hybridized carbons (Fsp3) is 0.263. The van der Waals surface area contributed by atoms with Gasteiger partial charge in [-0.3, -0.25) is 4.79 Å². The molecule has 2 atom stereocenters. The van der Waals surface area contributed by atoms with Gasteiger partial charge in [0.25, 0.3) is 5.91 Å². The fourth-order valence-electron chi connectivity index (χ4n) is 3.54. The SMILES string of the molecule is NC1=N[C@@]2(CCN(C(=O)c3ccc(Cl)cc3)C[C@@H]2F)Nc2cccc(F)c21. The van der Waals surface area contributed by atoms with E-state index in [1.807, 2.05) is 0 Å². The van der Waals surface area contributed by atoms with Crippen LogP contribution in [0.5, 0.6) is 0 Å². The molecule has 5 nitrogen and oxygen atoms in total. The highest BCUT2D eigenvalue weighted by Crippen LogP contribution is 2.36. The first-order valence-electron chi connectivity index (χ1n) is 8.51. The molecular formula is C19H17ClF2N4O. The molecule has 0 aromatic heterocycles. The van der Waals surface area contributed by atoms with Gasteiger partial charge in [0.1, 0.15) is 11.7 Å². The Bertz CT molecular complexity index is 934. The van der Waals surface area contributed by atoms with E-state index in [2.05, 4.69) is 10.3 Å². The van der Waals surface area contributed by atoms with Crippen molar-refractivity contribution in [3.63, 3.8) is 0 Å². The molecule has 27 heavy (non-hydrogen) atoms. The third kappa shape index (κ3) is 3.02. The number of fused-ring (bicyclic) bond motifs is 1. The molecule has 0 radical (unpaired) electrons. The number of hydrogen-bond acceptors (Lipinski definition) is 4. The van der Waals surface area contributed by atoms with Crippen molar-refractivity contribution in [2.24, 2.45) is 10.7 Å². The highest BCUT2D eigenvalue weighted by atomic mass is 35.5. The summed E-state index contributed by atoms with van der Waals surface area (Å²) in [5, 5.41) is 3.52. The van der Waals surface area contributed by atoms with Crippen LogP contribution in [-0.4, -0.2) is 41.6 Å². The minimum Gasteiger partial charge on any atom is -0.383 e. The predicted octanol–water partition coefficient (Wildman–Crippen LogP) is 3.19. The van der Waals surface area contributed by atoms with E-state index in [1.54, 1.807) is 30.3 Å². The monoisotopic (exact) mass is 390 g/mol. The number of halogens is 3. The minimum absolute atomic E-state index is 0.0398. The molecule has 4 rings (SSSR count). The second kappa shape index (κ2) is 6.49. The van der Waals surface area contributed by atoms with Crippen LogP contribution in [0.3, 0.4) is 0 Å². The number of amides is 1. The van der Waals surface area contributed by atoms with Crippen LogP contribution in [0.2, 0.25) is 5.02 Å². The van der Waals surface area contributed by atoms with Crippen molar-refractivity contribution in [3.8, 4) is 0 Å². The predicted molar refractivity (Wildman–Crippen MR) is 100 cm³/mol. The lowest BCUT2D eigenvalue weighted by Crippen LogP contribution is -2.59. The Morgan fingerprint density at radius 2 is 2.04 bits per heavy atom. The molecule has 0 aliphatic carbocycles. The second-order valence-electron chi connectivity index (χ2n) is 6.68. The Morgan fingerprint density at radius 1 is 1.30 bits per heavy atom. The van der Waals surface area contributed by atoms with Crippen LogP contribution in [0.4, 0.5) is 14.5 Å². The minimum atomic E-state index is -1.50. The molecule has 2 aliphatic heterocycles. The van der Waals surface area contributed by atoms with E-state index in [0.29, 0.717) is 16.3 Å². The van der Waals surface area contributed by atoms with Crippen LogP contribution < -0.4 is 11.1 Å². The molecule has 0 unspecified atom stereocenters. The number of nitrogens with two attached hydrogens (primary N) is 1. The maximum absolute atomic E-state index is 15.1. The second-order valence-corrected chi connectivity index (χ2v) is 7.12. The smallest absolute Gasteiger partial charge is 0.253 e. The third-order valence-electron chi connectivity index (χ3n) is 4.98. The number of nitrogens with zero attached hydrogens (tertiary/aromatic N) is 2. The average Bonchev–Trinajstić information content (AvgIpc) is 2.64. The zero-order valence-corrected chi connectivity index (χ0v) is 15.0. The van der Waals surface area contributed by atoms with Crippen LogP contribution in [0, 0.1) is 5.82 Å². The van der Waals surface area contributed by atoms with Gasteiger partial charge in [-0.2, -0.15) is 0 Å². The number of rotatable bonds is 1. The first-order chi connectivity index (χ1) is 12.9. The van der Waals surface area contributed by atoms with E-state index in [-0.39, 0.29) is 36.8 Å². The van der Waals surface area contributed by atoms with Crippen molar-refractivity contribution in [2.75, 3.05) is 18.4 Å². The number of piperidine rings is 1. The number of hydrogen-bond donors (Lipinski definition) is 2. The topological polar surface area (TPSA) is 70.7 Å². The number of anilines is 1. The Morgan fingerprint density at radius 3 is 2.74 bits per heavy atom. The zero-order valence-electron chi connectivity index (χ0n) is 14.3. The molecule has 2 aromatic carbocycles. The molecule has 3 N–H and O–H groups in total. The molecule has 140 valence electrons. The molecule has 0 bridgehead atoms. The van der Waals surface area contributed by atoms with Gasteiger partial charge in [-0.05, 0) is 36.4 Å². The van der Waals surface area contributed by atoms with Crippen molar-refractivity contribution in [1.29, 1.82) is 0 Å². The number of nitrogens with one attached hydrogen (secondary N) is 1.